The number of ketones is 1. The zero-order chi connectivity index (χ0) is 11.1. The quantitative estimate of drug-likeness (QED) is 0.485. The van der Waals surface area contributed by atoms with E-state index in [0.717, 1.165) is 5.57 Å². The fourth-order valence-corrected chi connectivity index (χ4v) is 1.03. The van der Waals surface area contributed by atoms with Crippen molar-refractivity contribution >= 4 is 11.8 Å². The molecule has 0 aromatic heterocycles. The Bertz CT molecular complexity index is 231. The van der Waals surface area contributed by atoms with Crippen molar-refractivity contribution < 1.29 is 14.3 Å². The first-order valence-electron chi connectivity index (χ1n) is 4.71. The number of carbonyl (C=O) groups is 2. The van der Waals surface area contributed by atoms with Gasteiger partial charge < -0.3 is 4.74 Å². The summed E-state index contributed by atoms with van der Waals surface area (Å²) in [5.74, 6) is -0.485. The highest BCUT2D eigenvalue weighted by atomic mass is 16.5. The maximum atomic E-state index is 11.5. The van der Waals surface area contributed by atoms with Crippen LogP contribution in [0.25, 0.3) is 0 Å². The molecule has 0 rings (SSSR count). The molecule has 1 unspecified atom stereocenters. The van der Waals surface area contributed by atoms with E-state index < -0.39 is 0 Å². The summed E-state index contributed by atoms with van der Waals surface area (Å²) in [5, 5.41) is 0. The second kappa shape index (κ2) is 6.35. The van der Waals surface area contributed by atoms with Gasteiger partial charge in [-0.05, 0) is 13.3 Å². The Hall–Kier alpha value is -1.12. The van der Waals surface area contributed by atoms with Crippen LogP contribution in [-0.2, 0) is 14.3 Å². The number of ether oxygens (including phenoxy) is 1. The Labute approximate surface area is 85.1 Å². The Morgan fingerprint density at radius 2 is 1.93 bits per heavy atom. The molecule has 3 heteroatoms. The summed E-state index contributed by atoms with van der Waals surface area (Å²) < 4.78 is 4.49. The second-order valence-electron chi connectivity index (χ2n) is 3.60. The molecule has 0 aliphatic rings. The van der Waals surface area contributed by atoms with Crippen molar-refractivity contribution in [2.45, 2.75) is 33.1 Å². The number of esters is 1. The Kier molecular flexibility index (Phi) is 5.84. The van der Waals surface area contributed by atoms with Crippen LogP contribution < -0.4 is 0 Å². The minimum Gasteiger partial charge on any atom is -0.469 e. The fourth-order valence-electron chi connectivity index (χ4n) is 1.03. The highest BCUT2D eigenvalue weighted by molar-refractivity contribution is 5.85. The third kappa shape index (κ3) is 5.51. The predicted octanol–water partition coefficient (Wildman–Crippen LogP) is 2.11. The van der Waals surface area contributed by atoms with Crippen LogP contribution in [0.1, 0.15) is 33.1 Å². The second-order valence-corrected chi connectivity index (χ2v) is 3.60. The monoisotopic (exact) mass is 198 g/mol. The van der Waals surface area contributed by atoms with E-state index in [4.69, 9.17) is 0 Å². The van der Waals surface area contributed by atoms with Crippen molar-refractivity contribution in [1.29, 1.82) is 0 Å². The molecule has 0 saturated heterocycles. The number of methoxy groups -OCH3 is 1. The average Bonchev–Trinajstić information content (AvgIpc) is 2.13. The molecule has 0 heterocycles. The third-order valence-electron chi connectivity index (χ3n) is 2.05. The first-order valence-corrected chi connectivity index (χ1v) is 4.71. The lowest BCUT2D eigenvalue weighted by atomic mass is 9.98. The Morgan fingerprint density at radius 3 is 2.36 bits per heavy atom. The molecule has 0 N–H and O–H groups in total. The van der Waals surface area contributed by atoms with Gasteiger partial charge in [0.05, 0.1) is 13.5 Å². The van der Waals surface area contributed by atoms with Gasteiger partial charge in [-0.25, -0.2) is 0 Å². The number of allylic oxidation sites excluding steroid dienone is 1. The molecule has 0 fully saturated rings. The van der Waals surface area contributed by atoms with E-state index in [0.29, 0.717) is 12.8 Å². The minimum absolute atomic E-state index is 0.0957. The van der Waals surface area contributed by atoms with Crippen molar-refractivity contribution in [2.24, 2.45) is 5.92 Å². The zero-order valence-electron chi connectivity index (χ0n) is 9.13. The first kappa shape index (κ1) is 12.9. The van der Waals surface area contributed by atoms with E-state index in [-0.39, 0.29) is 24.1 Å². The molecule has 0 saturated carbocycles. The molecular formula is C11H18O3. The summed E-state index contributed by atoms with van der Waals surface area (Å²) in [4.78, 5) is 22.3. The highest BCUT2D eigenvalue weighted by Gasteiger charge is 2.16. The van der Waals surface area contributed by atoms with Crippen LogP contribution in [0, 0.1) is 5.92 Å². The van der Waals surface area contributed by atoms with Crippen LogP contribution in [0.2, 0.25) is 0 Å². The van der Waals surface area contributed by atoms with Crippen LogP contribution in [0.5, 0.6) is 0 Å². The summed E-state index contributed by atoms with van der Waals surface area (Å²) >= 11 is 0. The van der Waals surface area contributed by atoms with E-state index in [1.165, 1.54) is 7.11 Å². The van der Waals surface area contributed by atoms with Crippen LogP contribution in [-0.4, -0.2) is 18.9 Å². The molecule has 1 atom stereocenters. The van der Waals surface area contributed by atoms with Gasteiger partial charge >= 0.3 is 5.97 Å². The molecular weight excluding hydrogens is 180 g/mol. The summed E-state index contributed by atoms with van der Waals surface area (Å²) in [6, 6.07) is 0. The Balaban J connectivity index is 3.87. The number of carbonyl (C=O) groups excluding carboxylic acids is 2. The SMILES string of the molecule is C=C(C)CCC(=O)C(C)CC(=O)OC. The van der Waals surface area contributed by atoms with Gasteiger partial charge in [0.25, 0.3) is 0 Å². The lowest BCUT2D eigenvalue weighted by Crippen LogP contribution is -2.16. The number of hydrogen-bond donors (Lipinski definition) is 0. The van der Waals surface area contributed by atoms with Crippen LogP contribution >= 0.6 is 0 Å². The number of hydrogen-bond acceptors (Lipinski definition) is 3. The third-order valence-corrected chi connectivity index (χ3v) is 2.05. The van der Waals surface area contributed by atoms with Crippen LogP contribution in [0.3, 0.4) is 0 Å². The van der Waals surface area contributed by atoms with Gasteiger partial charge in [0.15, 0.2) is 0 Å². The van der Waals surface area contributed by atoms with Gasteiger partial charge in [-0.3, -0.25) is 9.59 Å². The van der Waals surface area contributed by atoms with Crippen molar-refractivity contribution in [3.63, 3.8) is 0 Å². The largest absolute Gasteiger partial charge is 0.469 e. The summed E-state index contributed by atoms with van der Waals surface area (Å²) in [5.41, 5.74) is 0.989. The first-order chi connectivity index (χ1) is 6.47. The molecule has 0 aromatic rings. The maximum absolute atomic E-state index is 11.5. The minimum atomic E-state index is -0.332. The molecule has 3 nitrogen and oxygen atoms in total. The zero-order valence-corrected chi connectivity index (χ0v) is 9.13. The molecule has 0 aliphatic heterocycles. The van der Waals surface area contributed by atoms with Gasteiger partial charge in [0.2, 0.25) is 0 Å². The van der Waals surface area contributed by atoms with E-state index in [1.54, 1.807) is 6.92 Å². The molecule has 0 bridgehead atoms. The maximum Gasteiger partial charge on any atom is 0.306 e. The van der Waals surface area contributed by atoms with Gasteiger partial charge in [-0.15, -0.1) is 6.58 Å². The standard InChI is InChI=1S/C11H18O3/c1-8(2)5-6-10(12)9(3)7-11(13)14-4/h9H,1,5-7H2,2-4H3. The summed E-state index contributed by atoms with van der Waals surface area (Å²) in [7, 11) is 1.33. The summed E-state index contributed by atoms with van der Waals surface area (Å²) in [6.45, 7) is 7.35. The molecule has 0 amide bonds. The Morgan fingerprint density at radius 1 is 1.36 bits per heavy atom. The van der Waals surface area contributed by atoms with E-state index in [9.17, 15) is 9.59 Å². The smallest absolute Gasteiger partial charge is 0.306 e. The van der Waals surface area contributed by atoms with Crippen LogP contribution in [0.4, 0.5) is 0 Å². The van der Waals surface area contributed by atoms with Gasteiger partial charge in [0, 0.05) is 12.3 Å². The van der Waals surface area contributed by atoms with E-state index in [2.05, 4.69) is 11.3 Å². The normalized spacial score (nSPS) is 11.9. The fraction of sp³-hybridized carbons (Fsp3) is 0.636. The lowest BCUT2D eigenvalue weighted by molar-refractivity contribution is -0.143. The number of Topliss-reactive ketones (excluding diaryl/α,β-unsaturated/α-hetero) is 1. The van der Waals surface area contributed by atoms with Gasteiger partial charge in [-0.2, -0.15) is 0 Å². The highest BCUT2D eigenvalue weighted by Crippen LogP contribution is 2.11. The molecule has 0 aliphatic carbocycles. The number of rotatable bonds is 6. The van der Waals surface area contributed by atoms with Gasteiger partial charge in [-0.1, -0.05) is 12.5 Å². The van der Waals surface area contributed by atoms with Crippen molar-refractivity contribution in [3.8, 4) is 0 Å². The molecule has 14 heavy (non-hydrogen) atoms. The van der Waals surface area contributed by atoms with Crippen molar-refractivity contribution in [3.05, 3.63) is 12.2 Å². The molecule has 80 valence electrons. The van der Waals surface area contributed by atoms with Crippen LogP contribution in [0.15, 0.2) is 12.2 Å². The molecule has 0 radical (unpaired) electrons. The van der Waals surface area contributed by atoms with Gasteiger partial charge in [0.1, 0.15) is 5.78 Å². The van der Waals surface area contributed by atoms with Crippen molar-refractivity contribution in [1.82, 2.24) is 0 Å². The summed E-state index contributed by atoms with van der Waals surface area (Å²) in [6.07, 6.45) is 1.34. The molecule has 0 spiro atoms. The average molecular weight is 198 g/mol. The lowest BCUT2D eigenvalue weighted by Gasteiger charge is -2.08. The van der Waals surface area contributed by atoms with Crippen molar-refractivity contribution in [2.75, 3.05) is 7.11 Å². The van der Waals surface area contributed by atoms with E-state index in [1.807, 2.05) is 6.92 Å². The topological polar surface area (TPSA) is 43.4 Å². The predicted molar refractivity (Wildman–Crippen MR) is 54.9 cm³/mol. The molecule has 0 aromatic carbocycles. The van der Waals surface area contributed by atoms with E-state index >= 15 is 0 Å².